The van der Waals surface area contributed by atoms with Crippen molar-refractivity contribution in [2.24, 2.45) is 0 Å². The van der Waals surface area contributed by atoms with E-state index in [9.17, 15) is 13.2 Å². The first-order valence-electron chi connectivity index (χ1n) is 5.79. The summed E-state index contributed by atoms with van der Waals surface area (Å²) in [6, 6.07) is 4.08. The quantitative estimate of drug-likeness (QED) is 0.762. The van der Waals surface area contributed by atoms with Gasteiger partial charge in [0, 0.05) is 19.2 Å². The molecular weight excluding hydrogens is 302 g/mol. The zero-order valence-electron chi connectivity index (χ0n) is 9.88. The van der Waals surface area contributed by atoms with E-state index in [2.05, 4.69) is 4.74 Å². The lowest BCUT2D eigenvalue weighted by molar-refractivity contribution is -0.199. The second-order valence-corrected chi connectivity index (χ2v) is 5.06. The van der Waals surface area contributed by atoms with Crippen LogP contribution in [0.15, 0.2) is 18.2 Å². The van der Waals surface area contributed by atoms with E-state index in [1.165, 1.54) is 18.2 Å². The van der Waals surface area contributed by atoms with E-state index in [1.54, 1.807) is 0 Å². The number of rotatable bonds is 4. The molecule has 2 rings (SSSR count). The Morgan fingerprint density at radius 3 is 2.47 bits per heavy atom. The van der Waals surface area contributed by atoms with Crippen molar-refractivity contribution in [1.29, 1.82) is 0 Å². The number of nitrogens with zero attached hydrogens (tertiary/aromatic N) is 1. The molecule has 1 aliphatic heterocycles. The van der Waals surface area contributed by atoms with Gasteiger partial charge in [-0.15, -0.1) is 0 Å². The normalized spacial score (nSPS) is 17.6. The summed E-state index contributed by atoms with van der Waals surface area (Å²) in [6.45, 7) is 1.61. The molecule has 0 radical (unpaired) electrons. The van der Waals surface area contributed by atoms with Gasteiger partial charge in [-0.25, -0.2) is 4.39 Å². The van der Waals surface area contributed by atoms with Gasteiger partial charge >= 0.3 is 6.11 Å². The monoisotopic (exact) mass is 313 g/mol. The van der Waals surface area contributed by atoms with E-state index in [4.69, 9.17) is 23.2 Å². The summed E-state index contributed by atoms with van der Waals surface area (Å²) in [7, 11) is 0. The largest absolute Gasteiger partial charge is 0.444 e. The van der Waals surface area contributed by atoms with Crippen molar-refractivity contribution in [3.63, 3.8) is 0 Å². The molecule has 1 aliphatic rings. The summed E-state index contributed by atoms with van der Waals surface area (Å²) in [4.78, 5) is 1.97. The predicted molar refractivity (Wildman–Crippen MR) is 69.2 cm³/mol. The van der Waals surface area contributed by atoms with E-state index in [-0.39, 0.29) is 5.75 Å². The minimum atomic E-state index is -4.07. The Balaban J connectivity index is 2.21. The molecule has 2 nitrogen and oxygen atoms in total. The highest BCUT2D eigenvalue weighted by molar-refractivity contribution is 6.33. The highest BCUT2D eigenvalue weighted by atomic mass is 35.5. The zero-order chi connectivity index (χ0) is 14.0. The highest BCUT2D eigenvalue weighted by Crippen LogP contribution is 2.35. The maximum Gasteiger partial charge on any atom is 0.444 e. The van der Waals surface area contributed by atoms with Crippen LogP contribution in [-0.4, -0.2) is 24.8 Å². The van der Waals surface area contributed by atoms with Gasteiger partial charge in [0.05, 0.1) is 10.7 Å². The summed E-state index contributed by atoms with van der Waals surface area (Å²) in [5, 5.41) is 0.445. The summed E-state index contributed by atoms with van der Waals surface area (Å²) in [5.41, 5.74) is -2.30. The molecule has 7 heteroatoms. The maximum atomic E-state index is 13.1. The van der Waals surface area contributed by atoms with E-state index < -0.39 is 11.7 Å². The Morgan fingerprint density at radius 1 is 1.26 bits per heavy atom. The number of hydrogen-bond donors (Lipinski definition) is 0. The number of halogens is 5. The van der Waals surface area contributed by atoms with Crippen LogP contribution in [0, 0.1) is 0 Å². The maximum absolute atomic E-state index is 13.1. The van der Waals surface area contributed by atoms with Crippen molar-refractivity contribution in [2.75, 3.05) is 18.0 Å². The van der Waals surface area contributed by atoms with Crippen molar-refractivity contribution in [2.45, 2.75) is 24.6 Å². The Labute approximate surface area is 119 Å². The minimum Gasteiger partial charge on any atom is -0.429 e. The van der Waals surface area contributed by atoms with Crippen molar-refractivity contribution >= 4 is 28.9 Å². The molecule has 0 bridgehead atoms. The van der Waals surface area contributed by atoms with Crippen LogP contribution in [0.5, 0.6) is 5.75 Å². The van der Waals surface area contributed by atoms with Crippen LogP contribution in [0.4, 0.5) is 18.9 Å². The van der Waals surface area contributed by atoms with E-state index in [1.807, 2.05) is 4.90 Å². The van der Waals surface area contributed by atoms with Crippen molar-refractivity contribution < 1.29 is 17.9 Å². The molecule has 1 aromatic carbocycles. The van der Waals surface area contributed by atoms with Crippen LogP contribution in [0.3, 0.4) is 0 Å². The number of hydrogen-bond acceptors (Lipinski definition) is 2. The molecule has 0 spiro atoms. The van der Waals surface area contributed by atoms with Gasteiger partial charge in [-0.05, 0) is 25.0 Å². The smallest absolute Gasteiger partial charge is 0.429 e. The highest BCUT2D eigenvalue weighted by Gasteiger charge is 2.42. The second-order valence-electron chi connectivity index (χ2n) is 4.27. The van der Waals surface area contributed by atoms with Crippen LogP contribution >= 0.6 is 23.2 Å². The third-order valence-electron chi connectivity index (χ3n) is 2.87. The van der Waals surface area contributed by atoms with E-state index in [0.717, 1.165) is 25.9 Å². The average molecular weight is 314 g/mol. The number of anilines is 1. The Bertz CT molecular complexity index is 451. The van der Waals surface area contributed by atoms with Crippen LogP contribution in [-0.2, 0) is 0 Å². The molecule has 1 unspecified atom stereocenters. The lowest BCUT2D eigenvalue weighted by Gasteiger charge is -2.22. The van der Waals surface area contributed by atoms with E-state index in [0.29, 0.717) is 10.7 Å². The first-order valence-corrected chi connectivity index (χ1v) is 6.61. The fourth-order valence-electron chi connectivity index (χ4n) is 1.96. The molecule has 1 heterocycles. The molecule has 19 heavy (non-hydrogen) atoms. The Hall–Kier alpha value is -0.810. The molecule has 1 aromatic rings. The number of alkyl halides is 4. The van der Waals surface area contributed by atoms with Gasteiger partial charge in [0.15, 0.2) is 0 Å². The van der Waals surface area contributed by atoms with Crippen molar-refractivity contribution in [3.05, 3.63) is 23.2 Å². The fraction of sp³-hybridized carbons (Fsp3) is 0.500. The first-order chi connectivity index (χ1) is 8.90. The minimum absolute atomic E-state index is 0.167. The SMILES string of the molecule is FC(Cl)C(F)(F)Oc1ccc(Cl)c(N2CCCC2)c1. The summed E-state index contributed by atoms with van der Waals surface area (Å²) in [5.74, 6) is -0.167. The molecule has 1 atom stereocenters. The fourth-order valence-corrected chi connectivity index (χ4v) is 2.24. The van der Waals surface area contributed by atoms with Crippen molar-refractivity contribution in [1.82, 2.24) is 0 Å². The van der Waals surface area contributed by atoms with Crippen LogP contribution in [0.1, 0.15) is 12.8 Å². The Kier molecular flexibility index (Phi) is 4.36. The molecule has 0 N–H and O–H groups in total. The molecule has 0 aromatic heterocycles. The number of benzene rings is 1. The average Bonchev–Trinajstić information content (AvgIpc) is 2.84. The van der Waals surface area contributed by atoms with Gasteiger partial charge in [0.1, 0.15) is 5.75 Å². The van der Waals surface area contributed by atoms with Crippen LogP contribution in [0.2, 0.25) is 5.02 Å². The van der Waals surface area contributed by atoms with Gasteiger partial charge in [-0.2, -0.15) is 8.78 Å². The van der Waals surface area contributed by atoms with Crippen LogP contribution in [0.25, 0.3) is 0 Å². The van der Waals surface area contributed by atoms with Crippen molar-refractivity contribution in [3.8, 4) is 5.75 Å². The lowest BCUT2D eigenvalue weighted by Crippen LogP contribution is -2.32. The van der Waals surface area contributed by atoms with Gasteiger partial charge < -0.3 is 9.64 Å². The third kappa shape index (κ3) is 3.39. The molecule has 0 amide bonds. The summed E-state index contributed by atoms with van der Waals surface area (Å²) in [6.07, 6.45) is -2.03. The molecule has 106 valence electrons. The second kappa shape index (κ2) is 5.67. The summed E-state index contributed by atoms with van der Waals surface area (Å²) >= 11 is 10.8. The van der Waals surface area contributed by atoms with Crippen LogP contribution < -0.4 is 9.64 Å². The molecule has 1 saturated heterocycles. The standard InChI is InChI=1S/C12H12Cl2F3NO/c13-9-4-3-8(19-12(16,17)11(14)15)7-10(9)18-5-1-2-6-18/h3-4,7,11H,1-2,5-6H2. The molecule has 0 aliphatic carbocycles. The van der Waals surface area contributed by atoms with Gasteiger partial charge in [0.2, 0.25) is 0 Å². The third-order valence-corrected chi connectivity index (χ3v) is 3.45. The predicted octanol–water partition coefficient (Wildman–Crippen LogP) is 4.45. The van der Waals surface area contributed by atoms with Gasteiger partial charge in [-0.3, -0.25) is 0 Å². The topological polar surface area (TPSA) is 12.5 Å². The Morgan fingerprint density at radius 2 is 1.89 bits per heavy atom. The zero-order valence-corrected chi connectivity index (χ0v) is 11.4. The summed E-state index contributed by atoms with van der Waals surface area (Å²) < 4.78 is 42.9. The number of ether oxygens (including phenoxy) is 1. The molecule has 1 fully saturated rings. The van der Waals surface area contributed by atoms with Gasteiger partial charge in [0.25, 0.3) is 5.63 Å². The molecule has 0 saturated carbocycles. The van der Waals surface area contributed by atoms with Gasteiger partial charge in [-0.1, -0.05) is 23.2 Å². The lowest BCUT2D eigenvalue weighted by atomic mass is 10.2. The first kappa shape index (κ1) is 14.6. The molecular formula is C12H12Cl2F3NO. The van der Waals surface area contributed by atoms with E-state index >= 15 is 0 Å².